The molecule has 0 amide bonds. The van der Waals surface area contributed by atoms with Crippen LogP contribution in [0.2, 0.25) is 0 Å². The van der Waals surface area contributed by atoms with Gasteiger partial charge in [0, 0.05) is 12.6 Å². The summed E-state index contributed by atoms with van der Waals surface area (Å²) in [4.78, 5) is 1.35. The van der Waals surface area contributed by atoms with Crippen LogP contribution in [-0.4, -0.2) is 44.3 Å². The number of likely N-dealkylation sites (N-methyl/N-ethyl adjacent to an activating group) is 2. The molecule has 2 nitrogen and oxygen atoms in total. The number of nitrogens with one attached hydrogen (secondary N) is 1. The molecule has 0 radical (unpaired) electrons. The van der Waals surface area contributed by atoms with Gasteiger partial charge in [-0.2, -0.15) is 13.2 Å². The fourth-order valence-corrected chi connectivity index (χ4v) is 1.51. The summed E-state index contributed by atoms with van der Waals surface area (Å²) in [6.07, 6.45) is -4.12. The molecule has 14 heavy (non-hydrogen) atoms. The SMILES string of the molecule is CNCC(C(C)C)N(C)CC(F)(F)F. The van der Waals surface area contributed by atoms with Crippen LogP contribution in [0.3, 0.4) is 0 Å². The monoisotopic (exact) mass is 212 g/mol. The molecule has 0 aliphatic carbocycles. The summed E-state index contributed by atoms with van der Waals surface area (Å²) in [6, 6.07) is -0.0818. The molecule has 0 heterocycles. The summed E-state index contributed by atoms with van der Waals surface area (Å²) in [5.74, 6) is 0.204. The van der Waals surface area contributed by atoms with Gasteiger partial charge in [0.15, 0.2) is 0 Å². The third-order valence-electron chi connectivity index (χ3n) is 2.18. The van der Waals surface area contributed by atoms with E-state index in [1.54, 1.807) is 7.05 Å². The van der Waals surface area contributed by atoms with Crippen LogP contribution in [0.25, 0.3) is 0 Å². The van der Waals surface area contributed by atoms with Crippen LogP contribution in [0.1, 0.15) is 13.8 Å². The van der Waals surface area contributed by atoms with Crippen molar-refractivity contribution in [2.75, 3.05) is 27.2 Å². The van der Waals surface area contributed by atoms with Gasteiger partial charge in [-0.05, 0) is 20.0 Å². The van der Waals surface area contributed by atoms with E-state index >= 15 is 0 Å². The van der Waals surface area contributed by atoms with Crippen molar-refractivity contribution in [1.29, 1.82) is 0 Å². The first-order valence-corrected chi connectivity index (χ1v) is 4.69. The molecule has 5 heteroatoms. The van der Waals surface area contributed by atoms with Crippen molar-refractivity contribution in [2.24, 2.45) is 5.92 Å². The predicted molar refractivity (Wildman–Crippen MR) is 51.2 cm³/mol. The minimum atomic E-state index is -4.12. The fourth-order valence-electron chi connectivity index (χ4n) is 1.51. The maximum absolute atomic E-state index is 12.1. The Balaban J connectivity index is 4.22. The highest BCUT2D eigenvalue weighted by Gasteiger charge is 2.32. The zero-order valence-electron chi connectivity index (χ0n) is 9.15. The number of halogens is 3. The van der Waals surface area contributed by atoms with Gasteiger partial charge in [-0.1, -0.05) is 13.8 Å². The van der Waals surface area contributed by atoms with Gasteiger partial charge in [0.05, 0.1) is 6.54 Å². The number of rotatable bonds is 5. The maximum Gasteiger partial charge on any atom is 0.401 e. The Kier molecular flexibility index (Phi) is 5.44. The van der Waals surface area contributed by atoms with Gasteiger partial charge >= 0.3 is 6.18 Å². The molecule has 0 aliphatic heterocycles. The number of hydrogen-bond acceptors (Lipinski definition) is 2. The van der Waals surface area contributed by atoms with Crippen LogP contribution >= 0.6 is 0 Å². The van der Waals surface area contributed by atoms with Crippen LogP contribution in [0, 0.1) is 5.92 Å². The van der Waals surface area contributed by atoms with Gasteiger partial charge in [0.25, 0.3) is 0 Å². The molecule has 0 aromatic carbocycles. The van der Waals surface area contributed by atoms with E-state index in [-0.39, 0.29) is 12.0 Å². The van der Waals surface area contributed by atoms with Gasteiger partial charge < -0.3 is 5.32 Å². The maximum atomic E-state index is 12.1. The normalized spacial score (nSPS) is 15.2. The van der Waals surface area contributed by atoms with Gasteiger partial charge in [0.1, 0.15) is 0 Å². The third kappa shape index (κ3) is 5.44. The zero-order chi connectivity index (χ0) is 11.4. The molecule has 1 atom stereocenters. The lowest BCUT2D eigenvalue weighted by Crippen LogP contribution is -2.46. The van der Waals surface area contributed by atoms with Gasteiger partial charge in [-0.25, -0.2) is 0 Å². The average Bonchev–Trinajstić information content (AvgIpc) is 1.95. The Morgan fingerprint density at radius 1 is 1.29 bits per heavy atom. The van der Waals surface area contributed by atoms with E-state index in [0.29, 0.717) is 6.54 Å². The molecule has 0 aromatic heterocycles. The Bertz CT molecular complexity index is 157. The van der Waals surface area contributed by atoms with Crippen LogP contribution < -0.4 is 5.32 Å². The van der Waals surface area contributed by atoms with E-state index in [1.807, 2.05) is 13.8 Å². The second kappa shape index (κ2) is 5.56. The smallest absolute Gasteiger partial charge is 0.318 e. The predicted octanol–water partition coefficient (Wildman–Crippen LogP) is 1.72. The molecule has 1 N–H and O–H groups in total. The van der Waals surface area contributed by atoms with Crippen molar-refractivity contribution in [3.63, 3.8) is 0 Å². The summed E-state index contributed by atoms with van der Waals surface area (Å²) in [7, 11) is 3.26. The quantitative estimate of drug-likeness (QED) is 0.746. The fraction of sp³-hybridized carbons (Fsp3) is 1.00. The van der Waals surface area contributed by atoms with Crippen molar-refractivity contribution >= 4 is 0 Å². The van der Waals surface area contributed by atoms with Crippen LogP contribution in [-0.2, 0) is 0 Å². The molecule has 1 unspecified atom stereocenters. The van der Waals surface area contributed by atoms with E-state index in [1.165, 1.54) is 11.9 Å². The first-order chi connectivity index (χ1) is 6.28. The van der Waals surface area contributed by atoms with Crippen molar-refractivity contribution in [3.8, 4) is 0 Å². The summed E-state index contributed by atoms with van der Waals surface area (Å²) < 4.78 is 36.3. The van der Waals surface area contributed by atoms with Crippen LogP contribution in [0.15, 0.2) is 0 Å². The largest absolute Gasteiger partial charge is 0.401 e. The number of alkyl halides is 3. The molecule has 0 aliphatic rings. The second-order valence-electron chi connectivity index (χ2n) is 3.90. The van der Waals surface area contributed by atoms with Crippen molar-refractivity contribution in [2.45, 2.75) is 26.1 Å². The summed E-state index contributed by atoms with van der Waals surface area (Å²) in [6.45, 7) is 3.57. The van der Waals surface area contributed by atoms with E-state index in [0.717, 1.165) is 0 Å². The highest BCUT2D eigenvalue weighted by Crippen LogP contribution is 2.18. The minimum Gasteiger partial charge on any atom is -0.318 e. The second-order valence-corrected chi connectivity index (χ2v) is 3.90. The molecule has 0 spiro atoms. The lowest BCUT2D eigenvalue weighted by Gasteiger charge is -2.31. The molecule has 0 fully saturated rings. The molecule has 86 valence electrons. The van der Waals surface area contributed by atoms with E-state index in [9.17, 15) is 13.2 Å². The highest BCUT2D eigenvalue weighted by atomic mass is 19.4. The zero-order valence-corrected chi connectivity index (χ0v) is 9.15. The van der Waals surface area contributed by atoms with Crippen molar-refractivity contribution in [1.82, 2.24) is 10.2 Å². The Morgan fingerprint density at radius 3 is 2.07 bits per heavy atom. The summed E-state index contributed by atoms with van der Waals surface area (Å²) >= 11 is 0. The number of nitrogens with zero attached hydrogens (tertiary/aromatic N) is 1. The first-order valence-electron chi connectivity index (χ1n) is 4.69. The number of hydrogen-bond donors (Lipinski definition) is 1. The standard InChI is InChI=1S/C9H19F3N2/c1-7(2)8(5-13-3)14(4)6-9(10,11)12/h7-8,13H,5-6H2,1-4H3. The van der Waals surface area contributed by atoms with Gasteiger partial charge in [-0.3, -0.25) is 4.90 Å². The molecule has 0 saturated carbocycles. The highest BCUT2D eigenvalue weighted by molar-refractivity contribution is 4.75. The molecule has 0 bridgehead atoms. The Labute approximate surface area is 83.5 Å². The first kappa shape index (κ1) is 13.7. The Hall–Kier alpha value is -0.290. The van der Waals surface area contributed by atoms with E-state index < -0.39 is 12.7 Å². The summed E-state index contributed by atoms with van der Waals surface area (Å²) in [5, 5.41) is 2.91. The molecular formula is C9H19F3N2. The van der Waals surface area contributed by atoms with E-state index in [4.69, 9.17) is 0 Å². The van der Waals surface area contributed by atoms with Crippen molar-refractivity contribution in [3.05, 3.63) is 0 Å². The molecule has 0 rings (SSSR count). The van der Waals surface area contributed by atoms with Gasteiger partial charge in [0.2, 0.25) is 0 Å². The lowest BCUT2D eigenvalue weighted by atomic mass is 10.0. The average molecular weight is 212 g/mol. The van der Waals surface area contributed by atoms with Crippen molar-refractivity contribution < 1.29 is 13.2 Å². The van der Waals surface area contributed by atoms with Crippen LogP contribution in [0.4, 0.5) is 13.2 Å². The summed E-state index contributed by atoms with van der Waals surface area (Å²) in [5.41, 5.74) is 0. The van der Waals surface area contributed by atoms with Crippen LogP contribution in [0.5, 0.6) is 0 Å². The molecular weight excluding hydrogens is 193 g/mol. The molecule has 0 aromatic rings. The molecule has 0 saturated heterocycles. The lowest BCUT2D eigenvalue weighted by molar-refractivity contribution is -0.148. The minimum absolute atomic E-state index is 0.0818. The van der Waals surface area contributed by atoms with Gasteiger partial charge in [-0.15, -0.1) is 0 Å². The topological polar surface area (TPSA) is 15.3 Å². The third-order valence-corrected chi connectivity index (χ3v) is 2.18. The Morgan fingerprint density at radius 2 is 1.79 bits per heavy atom. The van der Waals surface area contributed by atoms with E-state index in [2.05, 4.69) is 5.32 Å².